The van der Waals surface area contributed by atoms with E-state index in [0.717, 1.165) is 0 Å². The molecule has 0 amide bonds. The molecule has 0 unspecified atom stereocenters. The summed E-state index contributed by atoms with van der Waals surface area (Å²) in [5.41, 5.74) is 0. The highest BCUT2D eigenvalue weighted by Gasteiger charge is 1.83. The molecule has 0 bridgehead atoms. The number of hydrogen-bond donors (Lipinski definition) is 1. The average Bonchev–Trinajstić information content (AvgIpc) is 2.00. The van der Waals surface area contributed by atoms with Gasteiger partial charge in [-0.15, -0.1) is 4.66 Å². The predicted molar refractivity (Wildman–Crippen MR) is 41.3 cm³/mol. The largest absolute Gasteiger partial charge is 0.506 e. The minimum absolute atomic E-state index is 0.167. The maximum atomic E-state index is 8.35. The minimum Gasteiger partial charge on any atom is -0.506 e. The molecule has 11 heavy (non-hydrogen) atoms. The van der Waals surface area contributed by atoms with Crippen molar-refractivity contribution in [2.75, 3.05) is 0 Å². The van der Waals surface area contributed by atoms with E-state index in [9.17, 15) is 0 Å². The Morgan fingerprint density at radius 3 is 1.45 bits per heavy atom. The molecule has 0 saturated carbocycles. The van der Waals surface area contributed by atoms with Crippen LogP contribution >= 0.6 is 0 Å². The summed E-state index contributed by atoms with van der Waals surface area (Å²) < 4.78 is 15.2. The molecule has 70 valence electrons. The van der Waals surface area contributed by atoms with E-state index in [2.05, 4.69) is 13.8 Å². The summed E-state index contributed by atoms with van der Waals surface area (Å²) in [5, 5.41) is 0. The van der Waals surface area contributed by atoms with Crippen molar-refractivity contribution in [3.63, 3.8) is 0 Å². The Bertz CT molecular complexity index is 45.4. The summed E-state index contributed by atoms with van der Waals surface area (Å²) in [5.74, 6) is 0. The van der Waals surface area contributed by atoms with Crippen LogP contribution in [0.25, 0.3) is 0 Å². The fourth-order valence-corrected chi connectivity index (χ4v) is 0.854. The summed E-state index contributed by atoms with van der Waals surface area (Å²) in [6, 6.07) is 0. The van der Waals surface area contributed by atoms with Crippen LogP contribution in [-0.2, 0) is 0 Å². The van der Waals surface area contributed by atoms with Gasteiger partial charge in [0.25, 0.3) is 0 Å². The topological polar surface area (TPSA) is 43.3 Å². The molecular weight excluding hydrogens is 164 g/mol. The quantitative estimate of drug-likeness (QED) is 0.657. The zero-order valence-electron chi connectivity index (χ0n) is 7.48. The van der Waals surface area contributed by atoms with Gasteiger partial charge in [-0.05, 0) is 0 Å². The van der Waals surface area contributed by atoms with E-state index >= 15 is 0 Å². The molecule has 0 heterocycles. The smallest absolute Gasteiger partial charge is 0.327 e. The van der Waals surface area contributed by atoms with Crippen LogP contribution in [-0.4, -0.2) is 4.66 Å². The van der Waals surface area contributed by atoms with Crippen molar-refractivity contribution in [3.8, 4) is 0 Å². The van der Waals surface area contributed by atoms with Gasteiger partial charge in [-0.1, -0.05) is 52.4 Å². The van der Waals surface area contributed by atoms with Crippen LogP contribution in [0.3, 0.4) is 0 Å². The van der Waals surface area contributed by atoms with Crippen molar-refractivity contribution in [1.82, 2.24) is 0 Å². The fourth-order valence-electron chi connectivity index (χ4n) is 0.854. The lowest BCUT2D eigenvalue weighted by atomic mass is 10.1. The Balaban J connectivity index is 0. The Labute approximate surface area is 73.7 Å². The van der Waals surface area contributed by atoms with Crippen molar-refractivity contribution >= 4 is 0 Å². The van der Waals surface area contributed by atoms with Crippen LogP contribution in [0.2, 0.25) is 0 Å². The van der Waals surface area contributed by atoms with Crippen LogP contribution < -0.4 is 4.66 Å². The summed E-state index contributed by atoms with van der Waals surface area (Å²) in [4.78, 5) is 0. The summed E-state index contributed by atoms with van der Waals surface area (Å²) in [6.45, 7) is 4.51. The first-order valence-corrected chi connectivity index (χ1v) is 4.88. The maximum absolute atomic E-state index is 8.35. The van der Waals surface area contributed by atoms with Crippen LogP contribution in [0.1, 0.15) is 52.4 Å². The van der Waals surface area contributed by atoms with E-state index < -0.39 is 0 Å². The number of hydrogen-bond acceptors (Lipinski definition) is 2. The van der Waals surface area contributed by atoms with Crippen molar-refractivity contribution in [1.29, 1.82) is 0 Å². The third-order valence-electron chi connectivity index (χ3n) is 1.46. The number of unbranched alkanes of at least 4 members (excludes halogenated alkanes) is 5. The standard InChI is InChI=1S/C8H18.ClHO2/c1-3-5-7-8-6-4-2;2-1-3/h3-8H2,1-2H3;2H. The molecule has 0 rings (SSSR count). The van der Waals surface area contributed by atoms with Gasteiger partial charge in [0.15, 0.2) is 0 Å². The molecule has 0 aromatic heterocycles. The second-order valence-corrected chi connectivity index (χ2v) is 2.62. The van der Waals surface area contributed by atoms with Crippen molar-refractivity contribution < 1.29 is 20.6 Å². The molecule has 0 atom stereocenters. The van der Waals surface area contributed by atoms with Crippen LogP contribution in [0.4, 0.5) is 0 Å². The molecule has 0 spiro atoms. The van der Waals surface area contributed by atoms with Gasteiger partial charge in [0, 0.05) is 0 Å². The molecule has 0 aliphatic heterocycles. The van der Waals surface area contributed by atoms with E-state index in [1.165, 1.54) is 38.5 Å². The molecule has 0 aliphatic carbocycles. The average molecular weight is 183 g/mol. The third-order valence-corrected chi connectivity index (χ3v) is 1.46. The molecule has 0 fully saturated rings. The lowest BCUT2D eigenvalue weighted by Gasteiger charge is -1.93. The molecule has 1 N–H and O–H groups in total. The normalized spacial score (nSPS) is 8.73. The highest BCUT2D eigenvalue weighted by molar-refractivity contribution is 4.39. The Kier molecular flexibility index (Phi) is 20.9. The van der Waals surface area contributed by atoms with Gasteiger partial charge in [-0.25, -0.2) is 0 Å². The third kappa shape index (κ3) is 25.4. The monoisotopic (exact) mass is 182 g/mol. The Morgan fingerprint density at radius 2 is 1.27 bits per heavy atom. The van der Waals surface area contributed by atoms with Gasteiger partial charge < -0.3 is 4.66 Å². The van der Waals surface area contributed by atoms with Gasteiger partial charge in [-0.3, -0.25) is 0 Å². The number of rotatable bonds is 5. The molecule has 0 radical (unpaired) electrons. The van der Waals surface area contributed by atoms with Gasteiger partial charge in [-0.2, -0.15) is 0 Å². The molecule has 0 aromatic rings. The van der Waals surface area contributed by atoms with E-state index in [1.54, 1.807) is 0 Å². The first-order valence-electron chi connectivity index (χ1n) is 4.24. The first kappa shape index (κ1) is 13.8. The lowest BCUT2D eigenvalue weighted by molar-refractivity contribution is -1.27. The molecule has 2 nitrogen and oxygen atoms in total. The first-order chi connectivity index (χ1) is 5.33. The van der Waals surface area contributed by atoms with Gasteiger partial charge >= 0.3 is 11.3 Å². The van der Waals surface area contributed by atoms with Crippen LogP contribution in [0.5, 0.6) is 0 Å². The Morgan fingerprint density at radius 1 is 1.00 bits per heavy atom. The van der Waals surface area contributed by atoms with Crippen molar-refractivity contribution in [3.05, 3.63) is 0 Å². The minimum atomic E-state index is -0.167. The predicted octanol–water partition coefficient (Wildman–Crippen LogP) is 1.62. The SMILES string of the molecule is CCCCCCCC.[O-][Cl+]O. The maximum Gasteiger partial charge on any atom is 0.327 e. The zero-order chi connectivity index (χ0) is 8.95. The summed E-state index contributed by atoms with van der Waals surface area (Å²) >= 11 is -0.167. The van der Waals surface area contributed by atoms with E-state index in [1.807, 2.05) is 0 Å². The molecular formula is C8H19ClO2. The molecule has 3 heteroatoms. The molecule has 0 aliphatic rings. The highest BCUT2D eigenvalue weighted by atomic mass is 35.6. The molecule has 0 aromatic carbocycles. The van der Waals surface area contributed by atoms with Crippen LogP contribution in [0.15, 0.2) is 0 Å². The zero-order valence-corrected chi connectivity index (χ0v) is 8.23. The van der Waals surface area contributed by atoms with Gasteiger partial charge in [0.1, 0.15) is 0 Å². The van der Waals surface area contributed by atoms with E-state index in [-0.39, 0.29) is 11.3 Å². The second kappa shape index (κ2) is 16.7. The second-order valence-electron chi connectivity index (χ2n) is 2.48. The number of halogens is 1. The Hall–Kier alpha value is 0.210. The lowest BCUT2D eigenvalue weighted by Crippen LogP contribution is -1.94. The summed E-state index contributed by atoms with van der Waals surface area (Å²) in [6.07, 6.45) is 8.49. The van der Waals surface area contributed by atoms with E-state index in [4.69, 9.17) is 9.32 Å². The van der Waals surface area contributed by atoms with Crippen molar-refractivity contribution in [2.45, 2.75) is 52.4 Å². The summed E-state index contributed by atoms with van der Waals surface area (Å²) in [7, 11) is 0. The van der Waals surface area contributed by atoms with Gasteiger partial charge in [0.05, 0.1) is 0 Å². The highest BCUT2D eigenvalue weighted by Crippen LogP contribution is 2.03. The van der Waals surface area contributed by atoms with E-state index in [0.29, 0.717) is 0 Å². The fraction of sp³-hybridized carbons (Fsp3) is 1.00. The van der Waals surface area contributed by atoms with Gasteiger partial charge in [0.2, 0.25) is 0 Å². The molecule has 0 saturated heterocycles. The van der Waals surface area contributed by atoms with Crippen LogP contribution in [0, 0.1) is 11.3 Å². The van der Waals surface area contributed by atoms with Crippen molar-refractivity contribution in [2.24, 2.45) is 0 Å².